The highest BCUT2D eigenvalue weighted by Crippen LogP contribution is 2.32. The lowest BCUT2D eigenvalue weighted by atomic mass is 9.88. The molecular weight excluding hydrogens is 302 g/mol. The number of carbonyl (C=O) groups is 1. The van der Waals surface area contributed by atoms with Gasteiger partial charge in [0.1, 0.15) is 11.8 Å². The first-order valence-electron chi connectivity index (χ1n) is 7.27. The molecule has 0 radical (unpaired) electrons. The highest BCUT2D eigenvalue weighted by molar-refractivity contribution is 5.64. The van der Waals surface area contributed by atoms with Gasteiger partial charge in [-0.15, -0.1) is 0 Å². The van der Waals surface area contributed by atoms with Crippen molar-refractivity contribution in [1.29, 1.82) is 5.26 Å². The number of nitriles is 1. The zero-order valence-electron chi connectivity index (χ0n) is 12.4. The third kappa shape index (κ3) is 4.32. The highest BCUT2D eigenvalue weighted by atomic mass is 16.6. The lowest BCUT2D eigenvalue weighted by Crippen LogP contribution is -2.28. The van der Waals surface area contributed by atoms with Gasteiger partial charge in [-0.1, -0.05) is 6.07 Å². The lowest BCUT2D eigenvalue weighted by molar-refractivity contribution is -0.385. The summed E-state index contributed by atoms with van der Waals surface area (Å²) in [6, 6.07) is 6.18. The average Bonchev–Trinajstić information content (AvgIpc) is 2.53. The van der Waals surface area contributed by atoms with E-state index in [0.717, 1.165) is 25.7 Å². The molecule has 1 fully saturated rings. The Labute approximate surface area is 132 Å². The predicted octanol–water partition coefficient (Wildman–Crippen LogP) is 2.50. The molecule has 1 aliphatic carbocycles. The molecule has 1 aliphatic rings. The molecule has 2 rings (SSSR count). The average molecular weight is 319 g/mol. The van der Waals surface area contributed by atoms with Crippen molar-refractivity contribution in [3.63, 3.8) is 0 Å². The second-order valence-electron chi connectivity index (χ2n) is 5.41. The van der Waals surface area contributed by atoms with E-state index in [0.29, 0.717) is 6.61 Å². The fourth-order valence-electron chi connectivity index (χ4n) is 2.68. The van der Waals surface area contributed by atoms with E-state index in [-0.39, 0.29) is 29.0 Å². The van der Waals surface area contributed by atoms with Crippen LogP contribution in [-0.2, 0) is 4.74 Å². The van der Waals surface area contributed by atoms with Gasteiger partial charge in [-0.3, -0.25) is 10.1 Å². The number of hydrogen-bond donors (Lipinski definition) is 1. The van der Waals surface area contributed by atoms with E-state index < -0.39 is 11.0 Å². The van der Waals surface area contributed by atoms with E-state index in [2.05, 4.69) is 0 Å². The number of ether oxygens (including phenoxy) is 2. The van der Waals surface area contributed by atoms with Crippen molar-refractivity contribution < 1.29 is 19.2 Å². The van der Waals surface area contributed by atoms with Crippen LogP contribution in [0.25, 0.3) is 0 Å². The smallest absolute Gasteiger partial charge is 0.404 e. The van der Waals surface area contributed by atoms with Gasteiger partial charge in [-0.05, 0) is 37.7 Å². The summed E-state index contributed by atoms with van der Waals surface area (Å²) in [5, 5.41) is 20.1. The summed E-state index contributed by atoms with van der Waals surface area (Å²) in [7, 11) is 0. The molecule has 0 unspecified atom stereocenters. The predicted molar refractivity (Wildman–Crippen MR) is 79.7 cm³/mol. The molecule has 0 spiro atoms. The van der Waals surface area contributed by atoms with E-state index >= 15 is 0 Å². The Morgan fingerprint density at radius 2 is 2.09 bits per heavy atom. The zero-order chi connectivity index (χ0) is 16.8. The maximum absolute atomic E-state index is 10.9. The van der Waals surface area contributed by atoms with Crippen molar-refractivity contribution >= 4 is 11.8 Å². The minimum atomic E-state index is -0.779. The topological polar surface area (TPSA) is 128 Å². The molecule has 0 aromatic heterocycles. The second kappa shape index (κ2) is 7.45. The van der Waals surface area contributed by atoms with Crippen molar-refractivity contribution in [2.24, 2.45) is 11.7 Å². The first-order valence-corrected chi connectivity index (χ1v) is 7.27. The summed E-state index contributed by atoms with van der Waals surface area (Å²) < 4.78 is 10.6. The van der Waals surface area contributed by atoms with Crippen LogP contribution in [0.5, 0.6) is 5.75 Å². The molecular formula is C15H17N3O5. The molecule has 2 N–H and O–H groups in total. The first kappa shape index (κ1) is 16.5. The van der Waals surface area contributed by atoms with Crippen LogP contribution < -0.4 is 10.5 Å². The van der Waals surface area contributed by atoms with Crippen LogP contribution in [0.2, 0.25) is 0 Å². The number of nitrogens with zero attached hydrogens (tertiary/aromatic N) is 2. The molecule has 0 heterocycles. The summed E-state index contributed by atoms with van der Waals surface area (Å²) in [6.07, 6.45) is 2.15. The van der Waals surface area contributed by atoms with Crippen LogP contribution in [0, 0.1) is 27.4 Å². The number of nitro benzene ring substituents is 1. The van der Waals surface area contributed by atoms with Crippen LogP contribution >= 0.6 is 0 Å². The minimum Gasteiger partial charge on any atom is -0.489 e. The molecule has 8 nitrogen and oxygen atoms in total. The summed E-state index contributed by atoms with van der Waals surface area (Å²) in [5.41, 5.74) is 4.62. The molecule has 122 valence electrons. The van der Waals surface area contributed by atoms with E-state index in [9.17, 15) is 14.9 Å². The van der Waals surface area contributed by atoms with Crippen molar-refractivity contribution in [1.82, 2.24) is 0 Å². The largest absolute Gasteiger partial charge is 0.489 e. The van der Waals surface area contributed by atoms with E-state index in [1.54, 1.807) is 6.07 Å². The highest BCUT2D eigenvalue weighted by Gasteiger charge is 2.25. The van der Waals surface area contributed by atoms with Gasteiger partial charge in [0.05, 0.1) is 17.6 Å². The molecule has 0 bridgehead atoms. The zero-order valence-corrected chi connectivity index (χ0v) is 12.4. The summed E-state index contributed by atoms with van der Waals surface area (Å²) in [6.45, 7) is 0.294. The van der Waals surface area contributed by atoms with Crippen LogP contribution in [0.1, 0.15) is 31.2 Å². The van der Waals surface area contributed by atoms with Gasteiger partial charge in [0.15, 0.2) is 5.56 Å². The Bertz CT molecular complexity index is 632. The van der Waals surface area contributed by atoms with Crippen molar-refractivity contribution in [3.8, 4) is 11.8 Å². The monoisotopic (exact) mass is 319 g/mol. The molecule has 1 amide bonds. The number of rotatable bonds is 5. The molecule has 23 heavy (non-hydrogen) atoms. The first-order chi connectivity index (χ1) is 11.0. The molecule has 1 saturated carbocycles. The van der Waals surface area contributed by atoms with Crippen LogP contribution in [0.4, 0.5) is 10.5 Å². The van der Waals surface area contributed by atoms with E-state index in [1.165, 1.54) is 12.1 Å². The number of carbonyl (C=O) groups excluding carboxylic acids is 1. The Balaban J connectivity index is 1.97. The fourth-order valence-corrected chi connectivity index (χ4v) is 2.68. The van der Waals surface area contributed by atoms with Gasteiger partial charge in [0.2, 0.25) is 0 Å². The van der Waals surface area contributed by atoms with E-state index in [4.69, 9.17) is 20.5 Å². The SMILES string of the molecule is N#Cc1c(OC2CCC(COC(N)=O)CC2)cccc1[N+](=O)[O-]. The van der Waals surface area contributed by atoms with Crippen LogP contribution in [0.3, 0.4) is 0 Å². The number of benzene rings is 1. The minimum absolute atomic E-state index is 0.0586. The van der Waals surface area contributed by atoms with Crippen LogP contribution in [0.15, 0.2) is 18.2 Å². The van der Waals surface area contributed by atoms with Gasteiger partial charge < -0.3 is 15.2 Å². The number of hydrogen-bond acceptors (Lipinski definition) is 6. The maximum atomic E-state index is 10.9. The Kier molecular flexibility index (Phi) is 5.36. The normalized spacial score (nSPS) is 20.3. The Morgan fingerprint density at radius 3 is 2.65 bits per heavy atom. The summed E-state index contributed by atoms with van der Waals surface area (Å²) in [5.74, 6) is 0.474. The molecule has 0 aliphatic heterocycles. The van der Waals surface area contributed by atoms with Gasteiger partial charge >= 0.3 is 6.09 Å². The standard InChI is InChI=1S/C15H17N3O5/c16-8-12-13(18(20)21)2-1-3-14(12)23-11-6-4-10(5-7-11)9-22-15(17)19/h1-3,10-11H,4-7,9H2,(H2,17,19). The third-order valence-corrected chi connectivity index (χ3v) is 3.86. The maximum Gasteiger partial charge on any atom is 0.404 e. The molecule has 1 aromatic rings. The summed E-state index contributed by atoms with van der Waals surface area (Å²) >= 11 is 0. The van der Waals surface area contributed by atoms with Crippen molar-refractivity contribution in [2.45, 2.75) is 31.8 Å². The van der Waals surface area contributed by atoms with Crippen molar-refractivity contribution in [3.05, 3.63) is 33.9 Å². The fraction of sp³-hybridized carbons (Fsp3) is 0.467. The van der Waals surface area contributed by atoms with Gasteiger partial charge in [-0.2, -0.15) is 5.26 Å². The number of nitrogens with two attached hydrogens (primary N) is 1. The Hall–Kier alpha value is -2.82. The quantitative estimate of drug-likeness (QED) is 0.655. The van der Waals surface area contributed by atoms with Gasteiger partial charge in [-0.25, -0.2) is 4.79 Å². The molecule has 8 heteroatoms. The van der Waals surface area contributed by atoms with E-state index in [1.807, 2.05) is 6.07 Å². The second-order valence-corrected chi connectivity index (χ2v) is 5.41. The van der Waals surface area contributed by atoms with Gasteiger partial charge in [0, 0.05) is 6.07 Å². The summed E-state index contributed by atoms with van der Waals surface area (Å²) in [4.78, 5) is 20.9. The third-order valence-electron chi connectivity index (χ3n) is 3.86. The molecule has 0 saturated heterocycles. The number of nitro groups is 1. The molecule has 0 atom stereocenters. The van der Waals surface area contributed by atoms with Crippen LogP contribution in [-0.4, -0.2) is 23.7 Å². The molecule has 1 aromatic carbocycles. The Morgan fingerprint density at radius 1 is 1.39 bits per heavy atom. The lowest BCUT2D eigenvalue weighted by Gasteiger charge is -2.28. The number of primary amides is 1. The number of amides is 1. The van der Waals surface area contributed by atoms with Crippen molar-refractivity contribution in [2.75, 3.05) is 6.61 Å². The van der Waals surface area contributed by atoms with Gasteiger partial charge in [0.25, 0.3) is 5.69 Å².